The Morgan fingerprint density at radius 2 is 1.09 bits per heavy atom. The summed E-state index contributed by atoms with van der Waals surface area (Å²) >= 11 is 1.90. The van der Waals surface area contributed by atoms with E-state index in [-0.39, 0.29) is 6.17 Å². The molecule has 0 spiro atoms. The summed E-state index contributed by atoms with van der Waals surface area (Å²) in [6.45, 7) is 0. The predicted molar refractivity (Wildman–Crippen MR) is 199 cm³/mol. The summed E-state index contributed by atoms with van der Waals surface area (Å²) in [5, 5.41) is 8.96. The molecule has 2 aliphatic rings. The van der Waals surface area contributed by atoms with Crippen LogP contribution in [0.5, 0.6) is 0 Å². The molecule has 0 saturated heterocycles. The average molecular weight is 618 g/mol. The second-order valence-electron chi connectivity index (χ2n) is 12.2. The molecule has 7 aromatic carbocycles. The van der Waals surface area contributed by atoms with Crippen LogP contribution in [0.3, 0.4) is 0 Å². The van der Waals surface area contributed by atoms with Crippen molar-refractivity contribution in [1.82, 2.24) is 5.32 Å². The predicted octanol–water partition coefficient (Wildman–Crippen LogP) is 11.0. The molecular formula is C43H27N3S. The molecule has 0 saturated carbocycles. The first-order valence-electron chi connectivity index (χ1n) is 16.0. The van der Waals surface area contributed by atoms with Gasteiger partial charge in [-0.1, -0.05) is 146 Å². The Bertz CT molecular complexity index is 2570. The molecule has 4 heteroatoms. The first-order chi connectivity index (χ1) is 23.3. The van der Waals surface area contributed by atoms with Crippen LogP contribution in [0.4, 0.5) is 0 Å². The lowest BCUT2D eigenvalue weighted by Gasteiger charge is -2.23. The maximum absolute atomic E-state index is 5.01. The zero-order valence-electron chi connectivity index (χ0n) is 25.3. The van der Waals surface area contributed by atoms with E-state index in [0.717, 1.165) is 28.4 Å². The van der Waals surface area contributed by atoms with Crippen LogP contribution < -0.4 is 5.32 Å². The minimum Gasteiger partial charge on any atom is -0.344 e. The van der Waals surface area contributed by atoms with Gasteiger partial charge in [-0.25, -0.2) is 9.98 Å². The summed E-state index contributed by atoms with van der Waals surface area (Å²) < 4.78 is 2.66. The van der Waals surface area contributed by atoms with E-state index in [4.69, 9.17) is 9.98 Å². The molecule has 1 unspecified atom stereocenters. The molecule has 1 N–H and O–H groups in total. The van der Waals surface area contributed by atoms with E-state index in [2.05, 4.69) is 133 Å². The number of nitrogens with one attached hydrogen (secondary N) is 1. The Kier molecular flexibility index (Phi) is 5.81. The smallest absolute Gasteiger partial charge is 0.159 e. The van der Waals surface area contributed by atoms with Gasteiger partial charge in [0.1, 0.15) is 12.0 Å². The molecule has 0 fully saturated rings. The molecule has 47 heavy (non-hydrogen) atoms. The van der Waals surface area contributed by atoms with E-state index < -0.39 is 0 Å². The van der Waals surface area contributed by atoms with Crippen LogP contribution in [0.25, 0.3) is 64.3 Å². The van der Waals surface area contributed by atoms with Crippen molar-refractivity contribution in [2.75, 3.05) is 0 Å². The van der Waals surface area contributed by atoms with Crippen molar-refractivity contribution < 1.29 is 0 Å². The summed E-state index contributed by atoms with van der Waals surface area (Å²) in [7, 11) is 0. The van der Waals surface area contributed by atoms with Crippen molar-refractivity contribution >= 4 is 54.0 Å². The Morgan fingerprint density at radius 3 is 1.83 bits per heavy atom. The molecule has 220 valence electrons. The molecule has 1 aromatic heterocycles. The zero-order valence-corrected chi connectivity index (χ0v) is 26.1. The van der Waals surface area contributed by atoms with Gasteiger partial charge < -0.3 is 5.32 Å². The lowest BCUT2D eigenvalue weighted by atomic mass is 9.93. The minimum atomic E-state index is -0.221. The van der Waals surface area contributed by atoms with Gasteiger partial charge in [-0.3, -0.25) is 0 Å². The topological polar surface area (TPSA) is 36.8 Å². The van der Waals surface area contributed by atoms with E-state index in [1.54, 1.807) is 0 Å². The van der Waals surface area contributed by atoms with Gasteiger partial charge in [-0.05, 0) is 55.8 Å². The Balaban J connectivity index is 1.10. The highest BCUT2D eigenvalue weighted by Crippen LogP contribution is 2.52. The van der Waals surface area contributed by atoms with Gasteiger partial charge in [0.05, 0.1) is 0 Å². The van der Waals surface area contributed by atoms with E-state index in [9.17, 15) is 0 Å². The number of amidine groups is 2. The number of hydrogen-bond donors (Lipinski definition) is 1. The number of thiophene rings is 1. The van der Waals surface area contributed by atoms with Crippen molar-refractivity contribution in [3.05, 3.63) is 168 Å². The van der Waals surface area contributed by atoms with Gasteiger partial charge in [0, 0.05) is 31.3 Å². The van der Waals surface area contributed by atoms with Gasteiger partial charge in [0.2, 0.25) is 0 Å². The molecule has 10 rings (SSSR count). The number of fused-ring (bicyclic) bond motifs is 2. The summed E-state index contributed by atoms with van der Waals surface area (Å²) in [4.78, 5) is 10.0. The lowest BCUT2D eigenvalue weighted by molar-refractivity contribution is 0.674. The third-order valence-electron chi connectivity index (χ3n) is 9.49. The van der Waals surface area contributed by atoms with Crippen LogP contribution >= 0.6 is 11.3 Å². The normalized spacial score (nSPS) is 15.0. The van der Waals surface area contributed by atoms with Gasteiger partial charge in [0.15, 0.2) is 5.84 Å². The largest absolute Gasteiger partial charge is 0.344 e. The molecule has 8 aromatic rings. The van der Waals surface area contributed by atoms with Crippen LogP contribution in [0.15, 0.2) is 162 Å². The third kappa shape index (κ3) is 4.12. The number of aliphatic imine (C=N–C) groups is 2. The number of rotatable bonds is 4. The van der Waals surface area contributed by atoms with Crippen LogP contribution in [-0.4, -0.2) is 11.7 Å². The molecule has 0 radical (unpaired) electrons. The molecule has 1 atom stereocenters. The van der Waals surface area contributed by atoms with Gasteiger partial charge >= 0.3 is 0 Å². The summed E-state index contributed by atoms with van der Waals surface area (Å²) in [6, 6.07) is 54.3. The first kappa shape index (κ1) is 26.4. The molecule has 1 aliphatic carbocycles. The van der Waals surface area contributed by atoms with Crippen molar-refractivity contribution in [3.8, 4) is 33.4 Å². The molecular weight excluding hydrogens is 591 g/mol. The Morgan fingerprint density at radius 1 is 0.468 bits per heavy atom. The molecule has 1 aliphatic heterocycles. The first-order valence-corrected chi connectivity index (χ1v) is 16.8. The highest BCUT2D eigenvalue weighted by molar-refractivity contribution is 7.26. The highest BCUT2D eigenvalue weighted by Gasteiger charge is 2.24. The van der Waals surface area contributed by atoms with E-state index in [1.165, 1.54) is 64.3 Å². The Labute approximate surface area is 276 Å². The standard InChI is InChI=1S/C43H27N3S/c1-3-10-28(11-4-1)41-44-42(29-12-5-2-6-13-29)46-43(45-41)30-22-20-26(21-23-30)31-24-25-35-33-17-8-15-27-14-7-16-32(37(27)33)34-18-9-19-36-38(34)39(35)40(31)47-36/h1-25,41H,(H,44,45,46). The van der Waals surface area contributed by atoms with Crippen molar-refractivity contribution in [2.45, 2.75) is 6.17 Å². The van der Waals surface area contributed by atoms with Gasteiger partial charge in [-0.15, -0.1) is 11.3 Å². The molecule has 2 heterocycles. The van der Waals surface area contributed by atoms with Crippen LogP contribution in [-0.2, 0) is 0 Å². The summed E-state index contributed by atoms with van der Waals surface area (Å²) in [5.74, 6) is 1.56. The quantitative estimate of drug-likeness (QED) is 0.210. The lowest BCUT2D eigenvalue weighted by Crippen LogP contribution is -2.33. The second kappa shape index (κ2) is 10.3. The van der Waals surface area contributed by atoms with Crippen LogP contribution in [0, 0.1) is 0 Å². The van der Waals surface area contributed by atoms with Crippen molar-refractivity contribution in [3.63, 3.8) is 0 Å². The van der Waals surface area contributed by atoms with E-state index in [0.29, 0.717) is 0 Å². The van der Waals surface area contributed by atoms with Gasteiger partial charge in [0.25, 0.3) is 0 Å². The molecule has 0 bridgehead atoms. The monoisotopic (exact) mass is 617 g/mol. The fourth-order valence-electron chi connectivity index (χ4n) is 7.31. The fraction of sp³-hybridized carbons (Fsp3) is 0.0233. The maximum atomic E-state index is 5.01. The fourth-order valence-corrected chi connectivity index (χ4v) is 8.60. The Hall–Kier alpha value is -5.84. The zero-order chi connectivity index (χ0) is 30.9. The number of benzene rings is 7. The van der Waals surface area contributed by atoms with Crippen LogP contribution in [0.2, 0.25) is 0 Å². The SMILES string of the molecule is c1ccc(C2=NC(c3ccccc3)NC(c3ccc(-c4ccc5c6c4sc4cccc(c46)-c4cccc6cccc-5c46)cc3)=N2)cc1. The molecule has 3 nitrogen and oxygen atoms in total. The van der Waals surface area contributed by atoms with Crippen molar-refractivity contribution in [2.24, 2.45) is 9.98 Å². The highest BCUT2D eigenvalue weighted by atomic mass is 32.1. The maximum Gasteiger partial charge on any atom is 0.159 e. The third-order valence-corrected chi connectivity index (χ3v) is 10.7. The number of nitrogens with zero attached hydrogens (tertiary/aromatic N) is 2. The second-order valence-corrected chi connectivity index (χ2v) is 13.2. The summed E-state index contributed by atoms with van der Waals surface area (Å²) in [5.41, 5.74) is 10.9. The van der Waals surface area contributed by atoms with Gasteiger partial charge in [-0.2, -0.15) is 0 Å². The number of hydrogen-bond acceptors (Lipinski definition) is 4. The van der Waals surface area contributed by atoms with E-state index >= 15 is 0 Å². The summed E-state index contributed by atoms with van der Waals surface area (Å²) in [6.07, 6.45) is -0.221. The van der Waals surface area contributed by atoms with Crippen molar-refractivity contribution in [1.29, 1.82) is 0 Å². The average Bonchev–Trinajstić information content (AvgIpc) is 3.49. The van der Waals surface area contributed by atoms with Crippen LogP contribution in [0.1, 0.15) is 22.9 Å². The minimum absolute atomic E-state index is 0.221. The van der Waals surface area contributed by atoms with E-state index in [1.807, 2.05) is 35.6 Å². The molecule has 0 amide bonds.